The molecule has 0 amide bonds. The van der Waals surface area contributed by atoms with Crippen molar-refractivity contribution in [2.24, 2.45) is 0 Å². The highest BCUT2D eigenvalue weighted by Crippen LogP contribution is 2.25. The van der Waals surface area contributed by atoms with Crippen molar-refractivity contribution in [3.8, 4) is 0 Å². The Balaban J connectivity index is 1.54. The Morgan fingerprint density at radius 3 is 2.50 bits per heavy atom. The first-order valence-corrected chi connectivity index (χ1v) is 8.34. The van der Waals surface area contributed by atoms with Crippen LogP contribution in [0.2, 0.25) is 0 Å². The molecule has 2 heterocycles. The van der Waals surface area contributed by atoms with Crippen molar-refractivity contribution < 1.29 is 4.48 Å². The van der Waals surface area contributed by atoms with Crippen LogP contribution in [0.1, 0.15) is 11.1 Å². The zero-order valence-corrected chi connectivity index (χ0v) is 13.9. The van der Waals surface area contributed by atoms with E-state index in [1.807, 2.05) is 12.4 Å². The molecule has 1 unspecified atom stereocenters. The predicted molar refractivity (Wildman–Crippen MR) is 100 cm³/mol. The van der Waals surface area contributed by atoms with Gasteiger partial charge in [-0.1, -0.05) is 36.4 Å². The van der Waals surface area contributed by atoms with Gasteiger partial charge in [0.2, 0.25) is 0 Å². The molecule has 0 bridgehead atoms. The Bertz CT molecular complexity index is 925. The molecule has 2 heteroatoms. The molecular formula is C22H21N2+. The highest BCUT2D eigenvalue weighted by Gasteiger charge is 2.21. The Labute approximate surface area is 143 Å². The van der Waals surface area contributed by atoms with Gasteiger partial charge in [0.25, 0.3) is 0 Å². The van der Waals surface area contributed by atoms with Crippen molar-refractivity contribution in [2.45, 2.75) is 6.54 Å². The monoisotopic (exact) mass is 313 g/mol. The van der Waals surface area contributed by atoms with Crippen molar-refractivity contribution in [1.82, 2.24) is 4.98 Å². The van der Waals surface area contributed by atoms with Crippen molar-refractivity contribution in [3.05, 3.63) is 96.5 Å². The van der Waals surface area contributed by atoms with Gasteiger partial charge in [-0.25, -0.2) is 0 Å². The van der Waals surface area contributed by atoms with Crippen LogP contribution in [0, 0.1) is 0 Å². The second-order valence-electron chi connectivity index (χ2n) is 6.71. The van der Waals surface area contributed by atoms with Gasteiger partial charge in [-0.15, -0.1) is 0 Å². The summed E-state index contributed by atoms with van der Waals surface area (Å²) in [6.07, 6.45) is 10.6. The molecule has 0 saturated carbocycles. The van der Waals surface area contributed by atoms with E-state index < -0.39 is 0 Å². The van der Waals surface area contributed by atoms with Crippen LogP contribution in [0.15, 0.2) is 85.3 Å². The number of hydrogen-bond donors (Lipinski definition) is 0. The minimum absolute atomic E-state index is 0.896. The second kappa shape index (κ2) is 6.06. The third-order valence-electron chi connectivity index (χ3n) is 4.71. The SMILES string of the molecule is C[N+]1(Cc2ccc3ccccc3c2)C=CC(c2ccncc2)=CC1. The van der Waals surface area contributed by atoms with E-state index in [1.54, 1.807) is 0 Å². The van der Waals surface area contributed by atoms with Crippen LogP contribution in [-0.2, 0) is 6.54 Å². The maximum absolute atomic E-state index is 4.09. The minimum Gasteiger partial charge on any atom is -0.293 e. The lowest BCUT2D eigenvalue weighted by atomic mass is 10.0. The third kappa shape index (κ3) is 3.01. The van der Waals surface area contributed by atoms with Gasteiger partial charge in [0.15, 0.2) is 0 Å². The molecule has 4 rings (SSSR count). The van der Waals surface area contributed by atoms with E-state index in [1.165, 1.54) is 27.5 Å². The number of nitrogens with zero attached hydrogens (tertiary/aromatic N) is 2. The van der Waals surface area contributed by atoms with Gasteiger partial charge in [0.05, 0.1) is 13.2 Å². The largest absolute Gasteiger partial charge is 0.293 e. The molecule has 2 nitrogen and oxygen atoms in total. The molecule has 0 spiro atoms. The third-order valence-corrected chi connectivity index (χ3v) is 4.71. The number of rotatable bonds is 3. The fourth-order valence-electron chi connectivity index (χ4n) is 3.33. The summed E-state index contributed by atoms with van der Waals surface area (Å²) < 4.78 is 0.896. The molecule has 1 aliphatic rings. The molecule has 1 aromatic heterocycles. The molecule has 2 aromatic carbocycles. The number of allylic oxidation sites excluding steroid dienone is 2. The number of aromatic nitrogens is 1. The molecule has 0 fully saturated rings. The Hall–Kier alpha value is -2.71. The normalized spacial score (nSPS) is 20.1. The van der Waals surface area contributed by atoms with Crippen LogP contribution in [0.3, 0.4) is 0 Å². The molecule has 0 N–H and O–H groups in total. The number of fused-ring (bicyclic) bond motifs is 1. The molecular weight excluding hydrogens is 292 g/mol. The van der Waals surface area contributed by atoms with Crippen LogP contribution in [-0.4, -0.2) is 23.1 Å². The fraction of sp³-hybridized carbons (Fsp3) is 0.136. The van der Waals surface area contributed by atoms with E-state index in [2.05, 4.69) is 85.0 Å². The van der Waals surface area contributed by atoms with Crippen LogP contribution in [0.25, 0.3) is 16.3 Å². The summed E-state index contributed by atoms with van der Waals surface area (Å²) in [6.45, 7) is 2.00. The Morgan fingerprint density at radius 2 is 1.75 bits per heavy atom. The number of pyridine rings is 1. The Morgan fingerprint density at radius 1 is 0.958 bits per heavy atom. The second-order valence-corrected chi connectivity index (χ2v) is 6.71. The van der Waals surface area contributed by atoms with Crippen LogP contribution in [0.5, 0.6) is 0 Å². The molecule has 1 atom stereocenters. The first-order chi connectivity index (χ1) is 11.7. The molecule has 24 heavy (non-hydrogen) atoms. The van der Waals surface area contributed by atoms with Gasteiger partial charge >= 0.3 is 0 Å². The smallest absolute Gasteiger partial charge is 0.109 e. The first-order valence-electron chi connectivity index (χ1n) is 8.34. The molecule has 1 aliphatic heterocycles. The van der Waals surface area contributed by atoms with Crippen molar-refractivity contribution in [3.63, 3.8) is 0 Å². The topological polar surface area (TPSA) is 12.9 Å². The van der Waals surface area contributed by atoms with E-state index in [9.17, 15) is 0 Å². The van der Waals surface area contributed by atoms with Gasteiger partial charge in [-0.2, -0.15) is 0 Å². The first kappa shape index (κ1) is 14.9. The van der Waals surface area contributed by atoms with E-state index in [4.69, 9.17) is 0 Å². The lowest BCUT2D eigenvalue weighted by molar-refractivity contribution is -0.867. The molecule has 3 aromatic rings. The quantitative estimate of drug-likeness (QED) is 0.633. The standard InChI is InChI=1S/C22H21N2/c1-24(14-10-21(11-15-24)20-8-12-23-13-9-20)17-18-6-7-19-4-2-3-5-22(19)16-18/h2-14,16H,15,17H2,1H3/q+1. The summed E-state index contributed by atoms with van der Waals surface area (Å²) in [5.74, 6) is 0. The van der Waals surface area contributed by atoms with Gasteiger partial charge in [0, 0.05) is 18.0 Å². The molecule has 118 valence electrons. The molecule has 0 radical (unpaired) electrons. The zero-order valence-electron chi connectivity index (χ0n) is 13.9. The maximum Gasteiger partial charge on any atom is 0.109 e. The van der Waals surface area contributed by atoms with E-state index >= 15 is 0 Å². The van der Waals surface area contributed by atoms with Gasteiger partial charge < -0.3 is 0 Å². The van der Waals surface area contributed by atoms with E-state index in [0.717, 1.165) is 17.6 Å². The highest BCUT2D eigenvalue weighted by molar-refractivity contribution is 5.83. The number of quaternary nitrogens is 1. The summed E-state index contributed by atoms with van der Waals surface area (Å²) >= 11 is 0. The van der Waals surface area contributed by atoms with Crippen molar-refractivity contribution in [1.29, 1.82) is 0 Å². The summed E-state index contributed by atoms with van der Waals surface area (Å²) in [5.41, 5.74) is 3.89. The van der Waals surface area contributed by atoms with Crippen molar-refractivity contribution >= 4 is 16.3 Å². The Kier molecular flexibility index (Phi) is 3.75. The zero-order chi connectivity index (χ0) is 16.4. The highest BCUT2D eigenvalue weighted by atomic mass is 15.3. The molecule has 0 saturated heterocycles. The summed E-state index contributed by atoms with van der Waals surface area (Å²) in [5, 5.41) is 2.62. The average molecular weight is 313 g/mol. The number of benzene rings is 2. The van der Waals surface area contributed by atoms with Crippen LogP contribution < -0.4 is 0 Å². The maximum atomic E-state index is 4.09. The molecule has 0 aliphatic carbocycles. The lowest BCUT2D eigenvalue weighted by Gasteiger charge is -2.32. The summed E-state index contributed by atoms with van der Waals surface area (Å²) in [4.78, 5) is 4.09. The van der Waals surface area contributed by atoms with E-state index in [0.29, 0.717) is 0 Å². The predicted octanol–water partition coefficient (Wildman–Crippen LogP) is 4.79. The van der Waals surface area contributed by atoms with Gasteiger partial charge in [-0.3, -0.25) is 9.47 Å². The number of hydrogen-bond acceptors (Lipinski definition) is 1. The fourth-order valence-corrected chi connectivity index (χ4v) is 3.33. The van der Waals surface area contributed by atoms with E-state index in [-0.39, 0.29) is 0 Å². The number of likely N-dealkylation sites (N-methyl/N-ethyl adjacent to an activating group) is 1. The summed E-state index contributed by atoms with van der Waals surface area (Å²) in [7, 11) is 2.28. The van der Waals surface area contributed by atoms with Crippen molar-refractivity contribution in [2.75, 3.05) is 13.6 Å². The summed E-state index contributed by atoms with van der Waals surface area (Å²) in [6, 6.07) is 19.5. The van der Waals surface area contributed by atoms with Gasteiger partial charge in [0.1, 0.15) is 13.1 Å². The van der Waals surface area contributed by atoms with Crippen LogP contribution >= 0.6 is 0 Å². The average Bonchev–Trinajstić information content (AvgIpc) is 2.63. The van der Waals surface area contributed by atoms with Gasteiger partial charge in [-0.05, 0) is 52.3 Å². The lowest BCUT2D eigenvalue weighted by Crippen LogP contribution is -2.38. The minimum atomic E-state index is 0.896. The van der Waals surface area contributed by atoms with Crippen LogP contribution in [0.4, 0.5) is 0 Å².